The van der Waals surface area contributed by atoms with E-state index in [0.717, 1.165) is 19.5 Å². The first-order valence-electron chi connectivity index (χ1n) is 7.01. The zero-order valence-electron chi connectivity index (χ0n) is 12.0. The fourth-order valence-corrected chi connectivity index (χ4v) is 2.49. The molecule has 1 saturated heterocycles. The van der Waals surface area contributed by atoms with Crippen molar-refractivity contribution in [3.63, 3.8) is 0 Å². The SMILES string of the molecule is CC(=O)NC1CCN(CCOc2ccccc2C(=O)O)C1. The molecule has 1 atom stereocenters. The molecule has 0 bridgehead atoms. The van der Waals surface area contributed by atoms with Crippen LogP contribution in [0.15, 0.2) is 24.3 Å². The van der Waals surface area contributed by atoms with Gasteiger partial charge >= 0.3 is 5.97 Å². The van der Waals surface area contributed by atoms with Gasteiger partial charge in [-0.05, 0) is 18.6 Å². The molecule has 1 aromatic carbocycles. The normalized spacial score (nSPS) is 18.4. The first-order chi connectivity index (χ1) is 10.1. The molecule has 1 fully saturated rings. The first-order valence-corrected chi connectivity index (χ1v) is 7.01. The summed E-state index contributed by atoms with van der Waals surface area (Å²) in [7, 11) is 0. The van der Waals surface area contributed by atoms with Gasteiger partial charge in [-0.15, -0.1) is 0 Å². The van der Waals surface area contributed by atoms with Crippen molar-refractivity contribution >= 4 is 11.9 Å². The fourth-order valence-electron chi connectivity index (χ4n) is 2.49. The van der Waals surface area contributed by atoms with Crippen LogP contribution in [0.4, 0.5) is 0 Å². The lowest BCUT2D eigenvalue weighted by molar-refractivity contribution is -0.119. The number of hydrogen-bond donors (Lipinski definition) is 2. The number of amides is 1. The highest BCUT2D eigenvalue weighted by atomic mass is 16.5. The van der Waals surface area contributed by atoms with Gasteiger partial charge in [0.05, 0.1) is 0 Å². The number of carboxylic acid groups (broad SMARTS) is 1. The van der Waals surface area contributed by atoms with Crippen LogP contribution in [-0.4, -0.2) is 54.2 Å². The summed E-state index contributed by atoms with van der Waals surface area (Å²) in [6.45, 7) is 4.38. The maximum absolute atomic E-state index is 11.1. The maximum atomic E-state index is 11.1. The first kappa shape index (κ1) is 15.3. The molecule has 1 heterocycles. The number of nitrogens with zero attached hydrogens (tertiary/aromatic N) is 1. The number of benzene rings is 1. The molecular formula is C15H20N2O4. The standard InChI is InChI=1S/C15H20N2O4/c1-11(18)16-12-6-7-17(10-12)8-9-21-14-5-3-2-4-13(14)15(19)20/h2-5,12H,6-10H2,1H3,(H,16,18)(H,19,20). The third kappa shape index (κ3) is 4.46. The molecule has 0 spiro atoms. The van der Waals surface area contributed by atoms with Crippen molar-refractivity contribution in [2.45, 2.75) is 19.4 Å². The highest BCUT2D eigenvalue weighted by Gasteiger charge is 2.22. The van der Waals surface area contributed by atoms with Crippen molar-refractivity contribution in [1.29, 1.82) is 0 Å². The Morgan fingerprint density at radius 3 is 2.90 bits per heavy atom. The summed E-state index contributed by atoms with van der Waals surface area (Å²) in [4.78, 5) is 24.3. The van der Waals surface area contributed by atoms with Gasteiger partial charge in [-0.1, -0.05) is 12.1 Å². The van der Waals surface area contributed by atoms with Crippen molar-refractivity contribution < 1.29 is 19.4 Å². The second-order valence-corrected chi connectivity index (χ2v) is 5.14. The zero-order valence-corrected chi connectivity index (χ0v) is 12.0. The number of carbonyl (C=O) groups is 2. The fraction of sp³-hybridized carbons (Fsp3) is 0.467. The Bertz CT molecular complexity index is 518. The number of rotatable bonds is 6. The number of carbonyl (C=O) groups excluding carboxylic acids is 1. The predicted molar refractivity (Wildman–Crippen MR) is 77.6 cm³/mol. The lowest BCUT2D eigenvalue weighted by atomic mass is 10.2. The van der Waals surface area contributed by atoms with Crippen LogP contribution in [0.25, 0.3) is 0 Å². The van der Waals surface area contributed by atoms with Gasteiger partial charge in [-0.3, -0.25) is 9.69 Å². The lowest BCUT2D eigenvalue weighted by Crippen LogP contribution is -2.36. The number of carboxylic acids is 1. The van der Waals surface area contributed by atoms with Crippen LogP contribution in [0.5, 0.6) is 5.75 Å². The minimum atomic E-state index is -0.988. The number of para-hydroxylation sites is 1. The van der Waals surface area contributed by atoms with Crippen LogP contribution in [0, 0.1) is 0 Å². The van der Waals surface area contributed by atoms with E-state index in [1.807, 2.05) is 0 Å². The van der Waals surface area contributed by atoms with Crippen LogP contribution in [0.1, 0.15) is 23.7 Å². The molecule has 0 aliphatic carbocycles. The predicted octanol–water partition coefficient (Wildman–Crippen LogP) is 0.974. The molecule has 1 amide bonds. The largest absolute Gasteiger partial charge is 0.491 e. The van der Waals surface area contributed by atoms with Crippen LogP contribution >= 0.6 is 0 Å². The zero-order chi connectivity index (χ0) is 15.2. The van der Waals surface area contributed by atoms with E-state index in [1.54, 1.807) is 18.2 Å². The third-order valence-corrected chi connectivity index (χ3v) is 3.46. The van der Waals surface area contributed by atoms with Gasteiger partial charge in [0.15, 0.2) is 0 Å². The van der Waals surface area contributed by atoms with Gasteiger partial charge in [0.1, 0.15) is 17.9 Å². The van der Waals surface area contributed by atoms with Gasteiger partial charge in [0.2, 0.25) is 5.91 Å². The molecule has 0 saturated carbocycles. The molecular weight excluding hydrogens is 272 g/mol. The molecule has 6 heteroatoms. The molecule has 1 aromatic rings. The summed E-state index contributed by atoms with van der Waals surface area (Å²) in [5, 5.41) is 12.0. The van der Waals surface area contributed by atoms with E-state index in [0.29, 0.717) is 18.9 Å². The second-order valence-electron chi connectivity index (χ2n) is 5.14. The Morgan fingerprint density at radius 2 is 2.19 bits per heavy atom. The minimum Gasteiger partial charge on any atom is -0.491 e. The Labute approximate surface area is 123 Å². The summed E-state index contributed by atoms with van der Waals surface area (Å²) >= 11 is 0. The molecule has 2 N–H and O–H groups in total. The quantitative estimate of drug-likeness (QED) is 0.817. The van der Waals surface area contributed by atoms with E-state index in [1.165, 1.54) is 13.0 Å². The highest BCUT2D eigenvalue weighted by molar-refractivity contribution is 5.90. The Morgan fingerprint density at radius 1 is 1.43 bits per heavy atom. The molecule has 0 radical (unpaired) electrons. The molecule has 1 aliphatic rings. The minimum absolute atomic E-state index is 0.00603. The Hall–Kier alpha value is -2.08. The molecule has 114 valence electrons. The van der Waals surface area contributed by atoms with Gasteiger partial charge in [-0.2, -0.15) is 0 Å². The van der Waals surface area contributed by atoms with Crippen LogP contribution < -0.4 is 10.1 Å². The Balaban J connectivity index is 1.78. The molecule has 1 unspecified atom stereocenters. The number of ether oxygens (including phenoxy) is 1. The maximum Gasteiger partial charge on any atom is 0.339 e. The Kier molecular flexibility index (Phi) is 5.16. The van der Waals surface area contributed by atoms with E-state index in [2.05, 4.69) is 10.2 Å². The number of aromatic carboxylic acids is 1. The van der Waals surface area contributed by atoms with Crippen LogP contribution in [0.2, 0.25) is 0 Å². The molecule has 21 heavy (non-hydrogen) atoms. The van der Waals surface area contributed by atoms with E-state index in [9.17, 15) is 9.59 Å². The van der Waals surface area contributed by atoms with E-state index in [4.69, 9.17) is 9.84 Å². The molecule has 2 rings (SSSR count). The number of likely N-dealkylation sites (tertiary alicyclic amines) is 1. The summed E-state index contributed by atoms with van der Waals surface area (Å²) in [6, 6.07) is 6.82. The topological polar surface area (TPSA) is 78.9 Å². The molecule has 1 aliphatic heterocycles. The van der Waals surface area contributed by atoms with E-state index in [-0.39, 0.29) is 17.5 Å². The van der Waals surface area contributed by atoms with Crippen LogP contribution in [0.3, 0.4) is 0 Å². The lowest BCUT2D eigenvalue weighted by Gasteiger charge is -2.17. The van der Waals surface area contributed by atoms with Gasteiger partial charge < -0.3 is 15.2 Å². The number of nitrogens with one attached hydrogen (secondary N) is 1. The number of hydrogen-bond acceptors (Lipinski definition) is 4. The summed E-state index contributed by atoms with van der Waals surface area (Å²) in [5.41, 5.74) is 0.176. The van der Waals surface area contributed by atoms with Crippen molar-refractivity contribution in [1.82, 2.24) is 10.2 Å². The van der Waals surface area contributed by atoms with Gasteiger partial charge in [-0.25, -0.2) is 4.79 Å². The monoisotopic (exact) mass is 292 g/mol. The van der Waals surface area contributed by atoms with Gasteiger partial charge in [0, 0.05) is 32.6 Å². The van der Waals surface area contributed by atoms with Crippen molar-refractivity contribution in [3.05, 3.63) is 29.8 Å². The highest BCUT2D eigenvalue weighted by Crippen LogP contribution is 2.18. The summed E-state index contributed by atoms with van der Waals surface area (Å²) in [5.74, 6) is -0.603. The summed E-state index contributed by atoms with van der Waals surface area (Å²) in [6.07, 6.45) is 0.936. The molecule has 6 nitrogen and oxygen atoms in total. The molecule has 0 aromatic heterocycles. The van der Waals surface area contributed by atoms with Crippen LogP contribution in [-0.2, 0) is 4.79 Å². The van der Waals surface area contributed by atoms with Crippen molar-refractivity contribution in [2.24, 2.45) is 0 Å². The van der Waals surface area contributed by atoms with E-state index >= 15 is 0 Å². The average molecular weight is 292 g/mol. The average Bonchev–Trinajstić information content (AvgIpc) is 2.86. The second kappa shape index (κ2) is 7.08. The summed E-state index contributed by atoms with van der Waals surface area (Å²) < 4.78 is 5.57. The smallest absolute Gasteiger partial charge is 0.339 e. The van der Waals surface area contributed by atoms with Gasteiger partial charge in [0.25, 0.3) is 0 Å². The third-order valence-electron chi connectivity index (χ3n) is 3.46. The van der Waals surface area contributed by atoms with E-state index < -0.39 is 5.97 Å². The van der Waals surface area contributed by atoms with Crippen molar-refractivity contribution in [3.8, 4) is 5.75 Å². The van der Waals surface area contributed by atoms with Crippen molar-refractivity contribution in [2.75, 3.05) is 26.2 Å².